The van der Waals surface area contributed by atoms with Crippen LogP contribution in [-0.4, -0.2) is 70.1 Å². The van der Waals surface area contributed by atoms with E-state index in [1.165, 1.54) is 0 Å². The van der Waals surface area contributed by atoms with Gasteiger partial charge in [0.25, 0.3) is 5.54 Å². The highest BCUT2D eigenvalue weighted by Gasteiger charge is 2.80. The number of amides is 1. The molecule has 0 unspecified atom stereocenters. The summed E-state index contributed by atoms with van der Waals surface area (Å²) in [7, 11) is 3.73. The molecule has 2 heterocycles. The standard InChI is InChI=1S/C28H31N3O5/c1-17-5-4-6-18(15-17)7-10-23(33)30(3)20-11-12-28(31(34)35)22-16-19-8-9-21(32)25-24(19)27(28,26(20)36-25)13-14-29(22)2/h4-10,15,20,22,26,32H,11-14,16H2,1-3H3/t20-,22-,26+,27+,28-/m1/s1. The molecule has 188 valence electrons. The van der Waals surface area contributed by atoms with Crippen LogP contribution in [0.4, 0.5) is 0 Å². The third-order valence-electron chi connectivity index (χ3n) is 9.33. The van der Waals surface area contributed by atoms with Gasteiger partial charge in [-0.3, -0.25) is 19.8 Å². The average Bonchev–Trinajstić information content (AvgIpc) is 3.21. The van der Waals surface area contributed by atoms with E-state index >= 15 is 0 Å². The topological polar surface area (TPSA) is 96.2 Å². The van der Waals surface area contributed by atoms with Crippen LogP contribution < -0.4 is 4.74 Å². The van der Waals surface area contributed by atoms with Gasteiger partial charge in [-0.25, -0.2) is 0 Å². The normalized spacial score (nSPS) is 32.1. The van der Waals surface area contributed by atoms with Crippen molar-refractivity contribution in [2.24, 2.45) is 0 Å². The molecule has 1 saturated heterocycles. The van der Waals surface area contributed by atoms with Crippen molar-refractivity contribution in [3.63, 3.8) is 0 Å². The minimum Gasteiger partial charge on any atom is -0.504 e. The number of benzene rings is 2. The van der Waals surface area contributed by atoms with Crippen molar-refractivity contribution in [2.75, 3.05) is 20.6 Å². The van der Waals surface area contributed by atoms with Gasteiger partial charge in [0, 0.05) is 30.0 Å². The number of likely N-dealkylation sites (tertiary alicyclic amines) is 1. The maximum Gasteiger partial charge on any atom is 0.251 e. The van der Waals surface area contributed by atoms with Crippen LogP contribution in [0.15, 0.2) is 42.5 Å². The zero-order valence-electron chi connectivity index (χ0n) is 20.8. The molecule has 0 aromatic heterocycles. The maximum atomic E-state index is 13.3. The molecule has 1 spiro atoms. The Balaban J connectivity index is 1.43. The first-order chi connectivity index (χ1) is 17.2. The van der Waals surface area contributed by atoms with Crippen molar-refractivity contribution in [3.05, 3.63) is 74.8 Å². The molecule has 5 atom stereocenters. The lowest BCUT2D eigenvalue weighted by molar-refractivity contribution is -0.605. The summed E-state index contributed by atoms with van der Waals surface area (Å²) in [5, 5.41) is 23.7. The van der Waals surface area contributed by atoms with Gasteiger partial charge in [0.05, 0.1) is 12.1 Å². The number of phenolic OH excluding ortho intramolecular Hbond substituents is 1. The van der Waals surface area contributed by atoms with E-state index in [1.807, 2.05) is 44.3 Å². The second kappa shape index (κ2) is 7.80. The van der Waals surface area contributed by atoms with Gasteiger partial charge in [0.15, 0.2) is 11.5 Å². The predicted molar refractivity (Wildman–Crippen MR) is 135 cm³/mol. The van der Waals surface area contributed by atoms with Crippen LogP contribution in [0.5, 0.6) is 11.5 Å². The lowest BCUT2D eigenvalue weighted by Gasteiger charge is -2.61. The molecule has 1 N–H and O–H groups in total. The number of likely N-dealkylation sites (N-methyl/N-ethyl adjacent to an activating group) is 2. The molecule has 4 aliphatic rings. The molecule has 2 aromatic carbocycles. The van der Waals surface area contributed by atoms with Gasteiger partial charge in [-0.1, -0.05) is 35.9 Å². The van der Waals surface area contributed by atoms with E-state index in [4.69, 9.17) is 4.74 Å². The van der Waals surface area contributed by atoms with Crippen LogP contribution in [0.25, 0.3) is 6.08 Å². The van der Waals surface area contributed by atoms with Crippen LogP contribution in [0.1, 0.15) is 41.5 Å². The fourth-order valence-corrected chi connectivity index (χ4v) is 7.72. The Morgan fingerprint density at radius 2 is 2.11 bits per heavy atom. The van der Waals surface area contributed by atoms with Crippen LogP contribution in [0.3, 0.4) is 0 Å². The van der Waals surface area contributed by atoms with Crippen molar-refractivity contribution in [1.29, 1.82) is 0 Å². The molecule has 1 saturated carbocycles. The predicted octanol–water partition coefficient (Wildman–Crippen LogP) is 3.31. The number of hydrogen-bond donors (Lipinski definition) is 1. The van der Waals surface area contributed by atoms with E-state index in [0.29, 0.717) is 38.0 Å². The smallest absolute Gasteiger partial charge is 0.251 e. The first-order valence-electron chi connectivity index (χ1n) is 12.6. The molecule has 6 rings (SSSR count). The van der Waals surface area contributed by atoms with Crippen molar-refractivity contribution in [1.82, 2.24) is 9.80 Å². The Morgan fingerprint density at radius 1 is 1.31 bits per heavy atom. The molecule has 2 aromatic rings. The molecule has 2 aliphatic heterocycles. The van der Waals surface area contributed by atoms with Crippen LogP contribution >= 0.6 is 0 Å². The number of aromatic hydroxyl groups is 1. The Bertz CT molecular complexity index is 1310. The monoisotopic (exact) mass is 489 g/mol. The number of aryl methyl sites for hydroxylation is 1. The van der Waals surface area contributed by atoms with Gasteiger partial charge < -0.3 is 14.7 Å². The summed E-state index contributed by atoms with van der Waals surface area (Å²) in [5.41, 5.74) is 1.74. The molecule has 2 aliphatic carbocycles. The van der Waals surface area contributed by atoms with Crippen molar-refractivity contribution < 1.29 is 19.6 Å². The van der Waals surface area contributed by atoms with Gasteiger partial charge in [-0.05, 0) is 63.0 Å². The lowest BCUT2D eigenvalue weighted by atomic mass is 9.47. The summed E-state index contributed by atoms with van der Waals surface area (Å²) >= 11 is 0. The minimum atomic E-state index is -1.23. The van der Waals surface area contributed by atoms with Crippen molar-refractivity contribution in [3.8, 4) is 11.5 Å². The summed E-state index contributed by atoms with van der Waals surface area (Å²) in [6, 6.07) is 10.8. The molecule has 8 heteroatoms. The second-order valence-electron chi connectivity index (χ2n) is 10.9. The maximum absolute atomic E-state index is 13.3. The summed E-state index contributed by atoms with van der Waals surface area (Å²) in [5.74, 6) is 0.213. The summed E-state index contributed by atoms with van der Waals surface area (Å²) in [6.45, 7) is 2.71. The van der Waals surface area contributed by atoms with Crippen molar-refractivity contribution >= 4 is 12.0 Å². The Morgan fingerprint density at radius 3 is 2.86 bits per heavy atom. The zero-order chi connectivity index (χ0) is 25.4. The van der Waals surface area contributed by atoms with E-state index in [1.54, 1.807) is 30.2 Å². The molecule has 2 bridgehead atoms. The molecule has 2 fully saturated rings. The Hall–Kier alpha value is -3.39. The number of piperidine rings is 1. The number of phenols is 1. The number of hydrogen-bond acceptors (Lipinski definition) is 6. The number of nitro groups is 1. The third-order valence-corrected chi connectivity index (χ3v) is 9.33. The fraction of sp³-hybridized carbons (Fsp3) is 0.464. The van der Waals surface area contributed by atoms with Crippen LogP contribution in [-0.2, 0) is 16.6 Å². The highest BCUT2D eigenvalue weighted by Crippen LogP contribution is 2.66. The second-order valence-corrected chi connectivity index (χ2v) is 10.9. The van der Waals surface area contributed by atoms with E-state index in [0.717, 1.165) is 22.3 Å². The van der Waals surface area contributed by atoms with E-state index in [9.17, 15) is 20.0 Å². The summed E-state index contributed by atoms with van der Waals surface area (Å²) in [4.78, 5) is 30.1. The summed E-state index contributed by atoms with van der Waals surface area (Å²) in [6.07, 6.45) is 4.68. The SMILES string of the molecule is Cc1cccc(C=CC(=O)N(C)[C@@H]2CC[C@@]3([N+](=O)[O-])[C@H]4Cc5ccc(O)c6c5[C@@]3(CCN4C)[C@H]2O6)c1. The highest BCUT2D eigenvalue weighted by molar-refractivity contribution is 5.92. The Kier molecular flexibility index (Phi) is 4.99. The fourth-order valence-electron chi connectivity index (χ4n) is 7.72. The molecule has 0 radical (unpaired) electrons. The van der Waals surface area contributed by atoms with Gasteiger partial charge in [-0.2, -0.15) is 0 Å². The first kappa shape index (κ1) is 23.0. The Labute approximate surface area is 210 Å². The van der Waals surface area contributed by atoms with Gasteiger partial charge >= 0.3 is 0 Å². The highest BCUT2D eigenvalue weighted by atomic mass is 16.6. The van der Waals surface area contributed by atoms with Crippen LogP contribution in [0, 0.1) is 17.0 Å². The molecular formula is C28H31N3O5. The lowest BCUT2D eigenvalue weighted by Crippen LogP contribution is -2.80. The van der Waals surface area contributed by atoms with Gasteiger partial charge in [-0.15, -0.1) is 0 Å². The number of nitrogens with zero attached hydrogens (tertiary/aromatic N) is 3. The van der Waals surface area contributed by atoms with Crippen molar-refractivity contribution in [2.45, 2.75) is 61.7 Å². The number of ether oxygens (including phenoxy) is 1. The first-order valence-corrected chi connectivity index (χ1v) is 12.6. The number of rotatable bonds is 4. The minimum absolute atomic E-state index is 0.0132. The molecule has 36 heavy (non-hydrogen) atoms. The van der Waals surface area contributed by atoms with E-state index < -0.39 is 17.1 Å². The van der Waals surface area contributed by atoms with Gasteiger partial charge in [0.2, 0.25) is 5.91 Å². The average molecular weight is 490 g/mol. The summed E-state index contributed by atoms with van der Waals surface area (Å²) < 4.78 is 6.49. The molecular weight excluding hydrogens is 458 g/mol. The number of carbonyl (C=O) groups is 1. The van der Waals surface area contributed by atoms with E-state index in [-0.39, 0.29) is 28.7 Å². The quantitative estimate of drug-likeness (QED) is 0.402. The number of carbonyl (C=O) groups excluding carboxylic acids is 1. The van der Waals surface area contributed by atoms with Gasteiger partial charge in [0.1, 0.15) is 11.5 Å². The van der Waals surface area contributed by atoms with E-state index in [2.05, 4.69) is 4.90 Å². The third kappa shape index (κ3) is 2.82. The zero-order valence-corrected chi connectivity index (χ0v) is 20.8. The molecule has 8 nitrogen and oxygen atoms in total. The molecule has 1 amide bonds. The largest absolute Gasteiger partial charge is 0.504 e. The van der Waals surface area contributed by atoms with Crippen LogP contribution in [0.2, 0.25) is 0 Å².